The molecule has 2 rings (SSSR count). The highest BCUT2D eigenvalue weighted by Crippen LogP contribution is 2.34. The first-order valence-corrected chi connectivity index (χ1v) is 5.37. The fourth-order valence-corrected chi connectivity index (χ4v) is 1.40. The fraction of sp³-hybridized carbons (Fsp3) is 0.0769. The number of nitriles is 1. The third-order valence-electron chi connectivity index (χ3n) is 2.17. The monoisotopic (exact) mass is 280 g/mol. The number of rotatable bonds is 3. The van der Waals surface area contributed by atoms with E-state index in [1.165, 1.54) is 36.5 Å². The maximum Gasteiger partial charge on any atom is 0.573 e. The van der Waals surface area contributed by atoms with Crippen molar-refractivity contribution in [3.63, 3.8) is 0 Å². The molecule has 7 heteroatoms. The van der Waals surface area contributed by atoms with Crippen LogP contribution in [0.4, 0.5) is 13.2 Å². The molecule has 1 aromatic carbocycles. The van der Waals surface area contributed by atoms with E-state index in [1.807, 2.05) is 6.07 Å². The molecule has 0 fully saturated rings. The van der Waals surface area contributed by atoms with Crippen LogP contribution in [0.15, 0.2) is 42.6 Å². The van der Waals surface area contributed by atoms with Crippen molar-refractivity contribution in [1.29, 1.82) is 5.26 Å². The molecule has 4 nitrogen and oxygen atoms in total. The van der Waals surface area contributed by atoms with Crippen molar-refractivity contribution in [2.75, 3.05) is 0 Å². The van der Waals surface area contributed by atoms with Gasteiger partial charge in [0.2, 0.25) is 5.88 Å². The van der Waals surface area contributed by atoms with Crippen molar-refractivity contribution in [2.24, 2.45) is 0 Å². The van der Waals surface area contributed by atoms with Gasteiger partial charge in [-0.15, -0.1) is 13.2 Å². The highest BCUT2D eigenvalue weighted by Gasteiger charge is 2.32. The van der Waals surface area contributed by atoms with Crippen molar-refractivity contribution in [3.8, 4) is 23.4 Å². The molecule has 2 aromatic rings. The van der Waals surface area contributed by atoms with Crippen molar-refractivity contribution in [3.05, 3.63) is 48.2 Å². The topological polar surface area (TPSA) is 55.1 Å². The van der Waals surface area contributed by atoms with Crippen LogP contribution < -0.4 is 9.47 Å². The van der Waals surface area contributed by atoms with Crippen LogP contribution in [-0.4, -0.2) is 11.3 Å². The molecule has 0 radical (unpaired) electrons. The minimum Gasteiger partial charge on any atom is -0.434 e. The Morgan fingerprint density at radius 3 is 2.40 bits per heavy atom. The Morgan fingerprint density at radius 1 is 1.05 bits per heavy atom. The van der Waals surface area contributed by atoms with E-state index in [4.69, 9.17) is 10.00 Å². The van der Waals surface area contributed by atoms with Gasteiger partial charge in [-0.25, -0.2) is 4.98 Å². The van der Waals surface area contributed by atoms with Gasteiger partial charge in [0.1, 0.15) is 11.6 Å². The molecular weight excluding hydrogens is 273 g/mol. The molecule has 0 aliphatic heterocycles. The van der Waals surface area contributed by atoms with Crippen LogP contribution in [0.2, 0.25) is 0 Å². The molecule has 102 valence electrons. The Labute approximate surface area is 112 Å². The highest BCUT2D eigenvalue weighted by atomic mass is 19.4. The number of para-hydroxylation sites is 2. The van der Waals surface area contributed by atoms with E-state index in [0.29, 0.717) is 0 Å². The Hall–Kier alpha value is -2.75. The van der Waals surface area contributed by atoms with Gasteiger partial charge in [-0.2, -0.15) is 5.26 Å². The summed E-state index contributed by atoms with van der Waals surface area (Å²) in [5.74, 6) is -0.775. The van der Waals surface area contributed by atoms with Gasteiger partial charge < -0.3 is 9.47 Å². The third-order valence-corrected chi connectivity index (χ3v) is 2.17. The zero-order chi connectivity index (χ0) is 14.6. The molecule has 0 aliphatic rings. The molecule has 0 saturated carbocycles. The van der Waals surface area contributed by atoms with Crippen LogP contribution in [0.25, 0.3) is 0 Å². The molecule has 0 N–H and O–H groups in total. The lowest BCUT2D eigenvalue weighted by atomic mass is 10.3. The van der Waals surface area contributed by atoms with E-state index in [0.717, 1.165) is 6.07 Å². The molecule has 0 aliphatic carbocycles. The number of aromatic nitrogens is 1. The smallest absolute Gasteiger partial charge is 0.434 e. The summed E-state index contributed by atoms with van der Waals surface area (Å²) >= 11 is 0. The highest BCUT2D eigenvalue weighted by molar-refractivity contribution is 5.45. The van der Waals surface area contributed by atoms with Crippen LogP contribution in [0.1, 0.15) is 5.56 Å². The molecule has 0 spiro atoms. The molecular formula is C13H7F3N2O2. The Balaban J connectivity index is 2.32. The Kier molecular flexibility index (Phi) is 3.75. The lowest BCUT2D eigenvalue weighted by molar-refractivity contribution is -0.275. The van der Waals surface area contributed by atoms with Gasteiger partial charge >= 0.3 is 6.36 Å². The quantitative estimate of drug-likeness (QED) is 0.861. The number of pyridine rings is 1. The van der Waals surface area contributed by atoms with Gasteiger partial charge in [0, 0.05) is 6.20 Å². The number of ether oxygens (including phenoxy) is 2. The first kappa shape index (κ1) is 13.7. The molecule has 0 bridgehead atoms. The largest absolute Gasteiger partial charge is 0.573 e. The number of alkyl halides is 3. The number of nitrogens with zero attached hydrogens (tertiary/aromatic N) is 2. The molecule has 1 aromatic heterocycles. The predicted octanol–water partition coefficient (Wildman–Crippen LogP) is 3.64. The predicted molar refractivity (Wildman–Crippen MR) is 62.2 cm³/mol. The maximum absolute atomic E-state index is 12.3. The van der Waals surface area contributed by atoms with E-state index < -0.39 is 12.1 Å². The summed E-state index contributed by atoms with van der Waals surface area (Å²) in [5, 5.41) is 8.87. The van der Waals surface area contributed by atoms with Gasteiger partial charge in [0.05, 0.1) is 0 Å². The van der Waals surface area contributed by atoms with Crippen LogP contribution in [0.5, 0.6) is 17.4 Å². The van der Waals surface area contributed by atoms with E-state index in [-0.39, 0.29) is 17.2 Å². The average molecular weight is 280 g/mol. The van der Waals surface area contributed by atoms with Gasteiger partial charge in [-0.3, -0.25) is 0 Å². The van der Waals surface area contributed by atoms with Crippen molar-refractivity contribution >= 4 is 0 Å². The van der Waals surface area contributed by atoms with Crippen LogP contribution >= 0.6 is 0 Å². The summed E-state index contributed by atoms with van der Waals surface area (Å²) in [6.45, 7) is 0. The second-order valence-corrected chi connectivity index (χ2v) is 3.56. The number of benzene rings is 1. The first-order valence-electron chi connectivity index (χ1n) is 5.37. The summed E-state index contributed by atoms with van der Waals surface area (Å²) in [7, 11) is 0. The molecule has 0 unspecified atom stereocenters. The van der Waals surface area contributed by atoms with Crippen LogP contribution in [0, 0.1) is 11.3 Å². The minimum absolute atomic E-state index is 0.0896. The summed E-state index contributed by atoms with van der Waals surface area (Å²) < 4.78 is 45.8. The second kappa shape index (κ2) is 5.48. The standard InChI is InChI=1S/C13H7F3N2O2/c14-13(15,16)20-11-6-2-1-5-10(11)19-12-9(8-17)4-3-7-18-12/h1-7H. The molecule has 20 heavy (non-hydrogen) atoms. The van der Waals surface area contributed by atoms with Crippen molar-refractivity contribution in [2.45, 2.75) is 6.36 Å². The zero-order valence-corrected chi connectivity index (χ0v) is 9.89. The van der Waals surface area contributed by atoms with E-state index >= 15 is 0 Å². The van der Waals surface area contributed by atoms with Crippen molar-refractivity contribution < 1.29 is 22.6 Å². The van der Waals surface area contributed by atoms with Gasteiger partial charge in [-0.1, -0.05) is 12.1 Å². The lowest BCUT2D eigenvalue weighted by Gasteiger charge is -2.13. The molecule has 0 saturated heterocycles. The summed E-state index contributed by atoms with van der Waals surface area (Å²) in [5.41, 5.74) is 0.106. The van der Waals surface area contributed by atoms with E-state index in [2.05, 4.69) is 9.72 Å². The van der Waals surface area contributed by atoms with Crippen molar-refractivity contribution in [1.82, 2.24) is 4.98 Å². The number of hydrogen-bond acceptors (Lipinski definition) is 4. The molecule has 1 heterocycles. The normalized spacial score (nSPS) is 10.7. The van der Waals surface area contributed by atoms with Gasteiger partial charge in [-0.05, 0) is 24.3 Å². The summed E-state index contributed by atoms with van der Waals surface area (Å²) in [6.07, 6.45) is -3.47. The lowest BCUT2D eigenvalue weighted by Crippen LogP contribution is -2.17. The average Bonchev–Trinajstić information content (AvgIpc) is 2.40. The fourth-order valence-electron chi connectivity index (χ4n) is 1.40. The van der Waals surface area contributed by atoms with E-state index in [1.54, 1.807) is 0 Å². The van der Waals surface area contributed by atoms with Gasteiger partial charge in [0.15, 0.2) is 11.5 Å². The first-order chi connectivity index (χ1) is 9.49. The Morgan fingerprint density at radius 2 is 1.75 bits per heavy atom. The number of halogens is 3. The third kappa shape index (κ3) is 3.38. The minimum atomic E-state index is -4.83. The van der Waals surface area contributed by atoms with E-state index in [9.17, 15) is 13.2 Å². The van der Waals surface area contributed by atoms with Gasteiger partial charge in [0.25, 0.3) is 0 Å². The Bertz CT molecular complexity index is 651. The molecule has 0 amide bonds. The number of hydrogen-bond donors (Lipinski definition) is 0. The maximum atomic E-state index is 12.3. The zero-order valence-electron chi connectivity index (χ0n) is 9.89. The summed E-state index contributed by atoms with van der Waals surface area (Å²) in [6, 6.07) is 10.0. The molecule has 0 atom stereocenters. The second-order valence-electron chi connectivity index (χ2n) is 3.56. The van der Waals surface area contributed by atoms with Crippen LogP contribution in [0.3, 0.4) is 0 Å². The summed E-state index contributed by atoms with van der Waals surface area (Å²) in [4.78, 5) is 3.80. The SMILES string of the molecule is N#Cc1cccnc1Oc1ccccc1OC(F)(F)F. The van der Waals surface area contributed by atoms with Crippen LogP contribution in [-0.2, 0) is 0 Å².